The van der Waals surface area contributed by atoms with E-state index in [-0.39, 0.29) is 12.1 Å². The van der Waals surface area contributed by atoms with Gasteiger partial charge in [-0.25, -0.2) is 4.79 Å². The Morgan fingerprint density at radius 1 is 1.53 bits per heavy atom. The highest BCUT2D eigenvalue weighted by Crippen LogP contribution is 2.01. The van der Waals surface area contributed by atoms with Gasteiger partial charge in [-0.15, -0.1) is 0 Å². The van der Waals surface area contributed by atoms with Crippen LogP contribution in [-0.2, 0) is 6.54 Å². The lowest BCUT2D eigenvalue weighted by molar-refractivity contribution is 0.0694. The van der Waals surface area contributed by atoms with Crippen molar-refractivity contribution in [2.24, 2.45) is 0 Å². The fourth-order valence-electron chi connectivity index (χ4n) is 1.43. The third kappa shape index (κ3) is 2.07. The second-order valence-electron chi connectivity index (χ2n) is 3.43. The summed E-state index contributed by atoms with van der Waals surface area (Å²) < 4.78 is 5.84. The molecule has 1 N–H and O–H groups in total. The molecule has 0 aliphatic rings. The molecular formula is C10H9N3O4. The van der Waals surface area contributed by atoms with Crippen LogP contribution in [0.2, 0.25) is 0 Å². The van der Waals surface area contributed by atoms with E-state index >= 15 is 0 Å². The predicted molar refractivity (Wildman–Crippen MR) is 55.8 cm³/mol. The van der Waals surface area contributed by atoms with E-state index in [1.165, 1.54) is 10.6 Å². The molecule has 0 unspecified atom stereocenters. The molecule has 0 atom stereocenters. The maximum atomic E-state index is 11.9. The van der Waals surface area contributed by atoms with Crippen molar-refractivity contribution in [1.29, 1.82) is 0 Å². The minimum absolute atomic E-state index is 0.0856. The van der Waals surface area contributed by atoms with E-state index in [1.807, 2.05) is 0 Å². The van der Waals surface area contributed by atoms with Gasteiger partial charge in [-0.3, -0.25) is 4.79 Å². The average Bonchev–Trinajstić information content (AvgIpc) is 2.76. The minimum atomic E-state index is -1.25. The van der Waals surface area contributed by atoms with Crippen molar-refractivity contribution in [2.75, 3.05) is 0 Å². The van der Waals surface area contributed by atoms with Crippen LogP contribution in [0.3, 0.4) is 0 Å². The van der Waals surface area contributed by atoms with E-state index in [9.17, 15) is 9.59 Å². The first-order chi connectivity index (χ1) is 8.09. The standard InChI is InChI=1S/C10H9N3O4/c1-6-2-3-7(10(15)16)9(14)13(6)4-8-11-5-17-12-8/h2-3,5H,4H2,1H3,(H,15,16). The summed E-state index contributed by atoms with van der Waals surface area (Å²) in [6.07, 6.45) is 1.15. The van der Waals surface area contributed by atoms with Gasteiger partial charge in [0, 0.05) is 5.69 Å². The fourth-order valence-corrected chi connectivity index (χ4v) is 1.43. The lowest BCUT2D eigenvalue weighted by Gasteiger charge is -2.07. The van der Waals surface area contributed by atoms with E-state index < -0.39 is 11.5 Å². The number of nitrogens with zero attached hydrogens (tertiary/aromatic N) is 3. The summed E-state index contributed by atoms with van der Waals surface area (Å²) in [5, 5.41) is 12.4. The molecule has 7 heteroatoms. The molecule has 7 nitrogen and oxygen atoms in total. The van der Waals surface area contributed by atoms with Crippen molar-refractivity contribution < 1.29 is 14.4 Å². The summed E-state index contributed by atoms with van der Waals surface area (Å²) in [5.74, 6) is -0.936. The number of hydrogen-bond donors (Lipinski definition) is 1. The molecule has 0 fully saturated rings. The molecule has 0 radical (unpaired) electrons. The molecule has 2 aromatic heterocycles. The largest absolute Gasteiger partial charge is 0.477 e. The first-order valence-corrected chi connectivity index (χ1v) is 4.78. The number of carboxylic acids is 1. The van der Waals surface area contributed by atoms with Gasteiger partial charge in [0.2, 0.25) is 6.39 Å². The number of hydrogen-bond acceptors (Lipinski definition) is 5. The van der Waals surface area contributed by atoms with Crippen molar-refractivity contribution in [2.45, 2.75) is 13.5 Å². The van der Waals surface area contributed by atoms with Crippen molar-refractivity contribution in [3.63, 3.8) is 0 Å². The minimum Gasteiger partial charge on any atom is -0.477 e. The molecule has 17 heavy (non-hydrogen) atoms. The Balaban J connectivity index is 2.49. The highest BCUT2D eigenvalue weighted by Gasteiger charge is 2.13. The van der Waals surface area contributed by atoms with Gasteiger partial charge < -0.3 is 14.2 Å². The molecule has 0 saturated heterocycles. The first-order valence-electron chi connectivity index (χ1n) is 4.78. The van der Waals surface area contributed by atoms with Gasteiger partial charge in [0.1, 0.15) is 5.56 Å². The van der Waals surface area contributed by atoms with E-state index in [0.717, 1.165) is 6.39 Å². The van der Waals surface area contributed by atoms with E-state index in [4.69, 9.17) is 5.11 Å². The normalized spacial score (nSPS) is 10.4. The Kier molecular flexibility index (Phi) is 2.73. The number of aromatic nitrogens is 3. The monoisotopic (exact) mass is 235 g/mol. The van der Waals surface area contributed by atoms with Gasteiger partial charge >= 0.3 is 5.97 Å². The van der Waals surface area contributed by atoms with Crippen LogP contribution >= 0.6 is 0 Å². The SMILES string of the molecule is Cc1ccc(C(=O)O)c(=O)n1Cc1ncon1. The molecule has 0 aliphatic heterocycles. The zero-order valence-electron chi connectivity index (χ0n) is 8.95. The van der Waals surface area contributed by atoms with Crippen LogP contribution < -0.4 is 5.56 Å². The lowest BCUT2D eigenvalue weighted by atomic mass is 10.2. The van der Waals surface area contributed by atoms with Crippen LogP contribution in [0.1, 0.15) is 21.9 Å². The second kappa shape index (κ2) is 4.20. The van der Waals surface area contributed by atoms with Gasteiger partial charge in [-0.2, -0.15) is 4.98 Å². The van der Waals surface area contributed by atoms with Gasteiger partial charge in [0.15, 0.2) is 5.82 Å². The van der Waals surface area contributed by atoms with Crippen molar-refractivity contribution >= 4 is 5.97 Å². The first kappa shape index (κ1) is 11.1. The number of aryl methyl sites for hydroxylation is 1. The number of carbonyl (C=O) groups is 1. The number of carboxylic acid groups (broad SMARTS) is 1. The molecule has 0 aliphatic carbocycles. The molecule has 0 saturated carbocycles. The summed E-state index contributed by atoms with van der Waals surface area (Å²) in [6.45, 7) is 1.79. The number of aromatic carboxylic acids is 1. The number of pyridine rings is 1. The summed E-state index contributed by atoms with van der Waals surface area (Å²) in [7, 11) is 0. The van der Waals surface area contributed by atoms with Gasteiger partial charge in [0.25, 0.3) is 5.56 Å². The summed E-state index contributed by atoms with van der Waals surface area (Å²) in [5.41, 5.74) is -0.230. The lowest BCUT2D eigenvalue weighted by Crippen LogP contribution is -2.28. The van der Waals surface area contributed by atoms with Gasteiger partial charge in [-0.1, -0.05) is 5.16 Å². The highest BCUT2D eigenvalue weighted by atomic mass is 16.5. The highest BCUT2D eigenvalue weighted by molar-refractivity contribution is 5.87. The molecule has 88 valence electrons. The van der Waals surface area contributed by atoms with Crippen LogP contribution in [0.15, 0.2) is 27.8 Å². The van der Waals surface area contributed by atoms with Crippen molar-refractivity contribution in [3.05, 3.63) is 46.0 Å². The summed E-state index contributed by atoms with van der Waals surface area (Å²) >= 11 is 0. The summed E-state index contributed by atoms with van der Waals surface area (Å²) in [4.78, 5) is 26.5. The molecule has 2 aromatic rings. The van der Waals surface area contributed by atoms with Crippen LogP contribution in [0.25, 0.3) is 0 Å². The Labute approximate surface area is 95.3 Å². The third-order valence-corrected chi connectivity index (χ3v) is 2.33. The van der Waals surface area contributed by atoms with Crippen LogP contribution in [-0.4, -0.2) is 25.8 Å². The van der Waals surface area contributed by atoms with Crippen molar-refractivity contribution in [1.82, 2.24) is 14.7 Å². The molecular weight excluding hydrogens is 226 g/mol. The average molecular weight is 235 g/mol. The summed E-state index contributed by atoms with van der Waals surface area (Å²) in [6, 6.07) is 2.84. The van der Waals surface area contributed by atoms with E-state index in [1.54, 1.807) is 13.0 Å². The van der Waals surface area contributed by atoms with E-state index in [2.05, 4.69) is 14.7 Å². The quantitative estimate of drug-likeness (QED) is 0.820. The maximum absolute atomic E-state index is 11.9. The Hall–Kier alpha value is -2.44. The molecule has 0 amide bonds. The second-order valence-corrected chi connectivity index (χ2v) is 3.43. The van der Waals surface area contributed by atoms with E-state index in [0.29, 0.717) is 11.5 Å². The van der Waals surface area contributed by atoms with Gasteiger partial charge in [-0.05, 0) is 19.1 Å². The fraction of sp³-hybridized carbons (Fsp3) is 0.200. The zero-order chi connectivity index (χ0) is 12.4. The Morgan fingerprint density at radius 2 is 2.29 bits per heavy atom. The molecule has 0 bridgehead atoms. The molecule has 0 aromatic carbocycles. The Bertz CT molecular complexity index is 601. The molecule has 2 heterocycles. The predicted octanol–water partition coefficient (Wildman–Crippen LogP) is 0.286. The topological polar surface area (TPSA) is 98.2 Å². The maximum Gasteiger partial charge on any atom is 0.341 e. The van der Waals surface area contributed by atoms with Crippen LogP contribution in [0, 0.1) is 6.92 Å². The van der Waals surface area contributed by atoms with Crippen LogP contribution in [0.4, 0.5) is 0 Å². The van der Waals surface area contributed by atoms with Crippen LogP contribution in [0.5, 0.6) is 0 Å². The molecule has 0 spiro atoms. The molecule has 2 rings (SSSR count). The Morgan fingerprint density at radius 3 is 2.88 bits per heavy atom. The number of rotatable bonds is 3. The smallest absolute Gasteiger partial charge is 0.341 e. The van der Waals surface area contributed by atoms with Crippen molar-refractivity contribution in [3.8, 4) is 0 Å². The third-order valence-electron chi connectivity index (χ3n) is 2.33. The zero-order valence-corrected chi connectivity index (χ0v) is 8.95. The van der Waals surface area contributed by atoms with Gasteiger partial charge in [0.05, 0.1) is 6.54 Å².